The number of hydrogen-bond acceptors (Lipinski definition) is 3. The Hall–Kier alpha value is -2.60. The number of nitrogens with zero attached hydrogens (tertiary/aromatic N) is 2. The van der Waals surface area contributed by atoms with E-state index in [1.54, 1.807) is 24.3 Å². The molecule has 1 aliphatic heterocycles. The number of aliphatic imine (C=N–C) groups is 2. The highest BCUT2D eigenvalue weighted by Gasteiger charge is 2.24. The van der Waals surface area contributed by atoms with Gasteiger partial charge < -0.3 is 10.4 Å². The van der Waals surface area contributed by atoms with Crippen LogP contribution in [0.25, 0.3) is 0 Å². The van der Waals surface area contributed by atoms with Crippen molar-refractivity contribution < 1.29 is 9.90 Å². The highest BCUT2D eigenvalue weighted by molar-refractivity contribution is 7.80. The van der Waals surface area contributed by atoms with Crippen LogP contribution in [0.3, 0.4) is 0 Å². The van der Waals surface area contributed by atoms with E-state index < -0.39 is 5.97 Å². The summed E-state index contributed by atoms with van der Waals surface area (Å²) in [6.07, 6.45) is 7.82. The molecule has 0 bridgehead atoms. The molecule has 1 aromatic rings. The lowest BCUT2D eigenvalue weighted by Crippen LogP contribution is -2.42. The van der Waals surface area contributed by atoms with Crippen molar-refractivity contribution >= 4 is 34.8 Å². The van der Waals surface area contributed by atoms with Crippen LogP contribution in [0.1, 0.15) is 15.9 Å². The van der Waals surface area contributed by atoms with Gasteiger partial charge >= 0.3 is 5.97 Å². The second-order valence-corrected chi connectivity index (χ2v) is 5.28. The zero-order valence-electron chi connectivity index (χ0n) is 11.6. The maximum atomic E-state index is 10.8. The van der Waals surface area contributed by atoms with E-state index >= 15 is 0 Å². The van der Waals surface area contributed by atoms with Crippen molar-refractivity contribution in [2.75, 3.05) is 0 Å². The monoisotopic (exact) mass is 311 g/mol. The predicted molar refractivity (Wildman–Crippen MR) is 89.5 cm³/mol. The standard InChI is InChI=1S/C16H13N3O2S/c20-15(21)11-7-5-10(6-8-11)9-17-14-12-3-1-2-4-13(12)18-16(22)19-14/h1-8,12H,9H2,(H,20,21)(H,17,19,22). The number of thiocarbonyl (C=S) groups is 1. The lowest BCUT2D eigenvalue weighted by Gasteiger charge is -2.24. The zero-order chi connectivity index (χ0) is 15.5. The van der Waals surface area contributed by atoms with E-state index in [9.17, 15) is 4.79 Å². The molecule has 0 aromatic heterocycles. The quantitative estimate of drug-likeness (QED) is 0.840. The number of rotatable bonds is 3. The molecular formula is C16H13N3O2S. The van der Waals surface area contributed by atoms with Gasteiger partial charge in [0.25, 0.3) is 0 Å². The number of carboxylic acids is 1. The van der Waals surface area contributed by atoms with Gasteiger partial charge in [-0.15, -0.1) is 0 Å². The minimum absolute atomic E-state index is 0.00464. The number of carboxylic acid groups (broad SMARTS) is 1. The number of hydrogen-bond donors (Lipinski definition) is 2. The third-order valence-corrected chi connectivity index (χ3v) is 3.59. The Morgan fingerprint density at radius 1 is 1.32 bits per heavy atom. The van der Waals surface area contributed by atoms with Crippen molar-refractivity contribution in [3.8, 4) is 0 Å². The molecule has 5 nitrogen and oxygen atoms in total. The molecule has 2 aliphatic rings. The molecule has 1 unspecified atom stereocenters. The fourth-order valence-electron chi connectivity index (χ4n) is 2.27. The van der Waals surface area contributed by atoms with Gasteiger partial charge in [0.2, 0.25) is 0 Å². The minimum Gasteiger partial charge on any atom is -0.478 e. The minimum atomic E-state index is -0.933. The summed E-state index contributed by atoms with van der Waals surface area (Å²) in [4.78, 5) is 19.7. The second kappa shape index (κ2) is 6.03. The van der Waals surface area contributed by atoms with E-state index in [4.69, 9.17) is 17.3 Å². The highest BCUT2D eigenvalue weighted by atomic mass is 32.1. The molecule has 0 radical (unpaired) electrons. The molecule has 1 aliphatic carbocycles. The number of carbonyl (C=O) groups is 1. The SMILES string of the molecule is O=C(O)c1ccc(CN=C2NC(=S)N=C3C=CC=CC32)cc1. The summed E-state index contributed by atoms with van der Waals surface area (Å²) in [5.74, 6) is -0.176. The van der Waals surface area contributed by atoms with Crippen molar-refractivity contribution in [2.45, 2.75) is 6.54 Å². The van der Waals surface area contributed by atoms with Gasteiger partial charge in [-0.2, -0.15) is 0 Å². The van der Waals surface area contributed by atoms with Crippen LogP contribution >= 0.6 is 12.2 Å². The van der Waals surface area contributed by atoms with Gasteiger partial charge in [0.15, 0.2) is 5.11 Å². The Morgan fingerprint density at radius 2 is 2.09 bits per heavy atom. The number of nitrogens with one attached hydrogen (secondary N) is 1. The average Bonchev–Trinajstić information content (AvgIpc) is 2.52. The largest absolute Gasteiger partial charge is 0.478 e. The number of aromatic carboxylic acids is 1. The summed E-state index contributed by atoms with van der Waals surface area (Å²) in [7, 11) is 0. The zero-order valence-corrected chi connectivity index (χ0v) is 12.4. The molecule has 0 amide bonds. The van der Waals surface area contributed by atoms with Gasteiger partial charge in [0.1, 0.15) is 5.84 Å². The number of fused-ring (bicyclic) bond motifs is 1. The average molecular weight is 311 g/mol. The maximum Gasteiger partial charge on any atom is 0.335 e. The molecule has 0 spiro atoms. The molecule has 0 saturated carbocycles. The molecular weight excluding hydrogens is 298 g/mol. The van der Waals surface area contributed by atoms with Crippen LogP contribution in [0.5, 0.6) is 0 Å². The molecule has 1 heterocycles. The summed E-state index contributed by atoms with van der Waals surface area (Å²) in [6.45, 7) is 0.451. The summed E-state index contributed by atoms with van der Waals surface area (Å²) in [6, 6.07) is 6.68. The lowest BCUT2D eigenvalue weighted by atomic mass is 9.96. The van der Waals surface area contributed by atoms with Gasteiger partial charge in [-0.25, -0.2) is 9.79 Å². The van der Waals surface area contributed by atoms with Crippen LogP contribution < -0.4 is 5.32 Å². The van der Waals surface area contributed by atoms with Gasteiger partial charge in [0.05, 0.1) is 23.7 Å². The smallest absolute Gasteiger partial charge is 0.335 e. The number of benzene rings is 1. The summed E-state index contributed by atoms with van der Waals surface area (Å²) in [5, 5.41) is 12.3. The summed E-state index contributed by atoms with van der Waals surface area (Å²) in [5.41, 5.74) is 2.08. The van der Waals surface area contributed by atoms with E-state index in [0.29, 0.717) is 11.7 Å². The van der Waals surface area contributed by atoms with E-state index in [1.807, 2.05) is 24.3 Å². The van der Waals surface area contributed by atoms with Crippen molar-refractivity contribution in [2.24, 2.45) is 15.9 Å². The fraction of sp³-hybridized carbons (Fsp3) is 0.125. The fourth-order valence-corrected chi connectivity index (χ4v) is 2.48. The Balaban J connectivity index is 1.78. The maximum absolute atomic E-state index is 10.8. The molecule has 22 heavy (non-hydrogen) atoms. The highest BCUT2D eigenvalue weighted by Crippen LogP contribution is 2.16. The lowest BCUT2D eigenvalue weighted by molar-refractivity contribution is 0.0697. The third-order valence-electron chi connectivity index (χ3n) is 3.39. The molecule has 0 fully saturated rings. The Labute approximate surface area is 132 Å². The van der Waals surface area contributed by atoms with Crippen LogP contribution in [-0.2, 0) is 6.54 Å². The molecule has 0 saturated heterocycles. The van der Waals surface area contributed by atoms with E-state index in [0.717, 1.165) is 17.1 Å². The van der Waals surface area contributed by atoms with Crippen molar-refractivity contribution in [1.82, 2.24) is 5.32 Å². The molecule has 1 atom stereocenters. The Bertz CT molecular complexity index is 745. The van der Waals surface area contributed by atoms with Crippen LogP contribution in [-0.4, -0.2) is 27.7 Å². The first-order valence-corrected chi connectivity index (χ1v) is 7.15. The normalized spacial score (nSPS) is 21.3. The Kier molecular flexibility index (Phi) is 3.93. The van der Waals surface area contributed by atoms with E-state index in [-0.39, 0.29) is 11.5 Å². The van der Waals surface area contributed by atoms with Crippen LogP contribution in [0.15, 0.2) is 58.6 Å². The molecule has 1 aromatic carbocycles. The second-order valence-electron chi connectivity index (χ2n) is 4.89. The van der Waals surface area contributed by atoms with Crippen molar-refractivity contribution in [1.29, 1.82) is 0 Å². The van der Waals surface area contributed by atoms with Crippen LogP contribution in [0.2, 0.25) is 0 Å². The molecule has 2 N–H and O–H groups in total. The van der Waals surface area contributed by atoms with Crippen LogP contribution in [0.4, 0.5) is 0 Å². The summed E-state index contributed by atoms with van der Waals surface area (Å²) < 4.78 is 0. The van der Waals surface area contributed by atoms with Crippen molar-refractivity contribution in [3.05, 3.63) is 59.7 Å². The van der Waals surface area contributed by atoms with Gasteiger partial charge in [-0.05, 0) is 36.0 Å². The van der Waals surface area contributed by atoms with E-state index in [1.165, 1.54) is 0 Å². The van der Waals surface area contributed by atoms with Gasteiger partial charge in [0, 0.05) is 0 Å². The van der Waals surface area contributed by atoms with Gasteiger partial charge in [-0.3, -0.25) is 4.99 Å². The van der Waals surface area contributed by atoms with Crippen LogP contribution in [0, 0.1) is 5.92 Å². The first-order valence-electron chi connectivity index (χ1n) is 6.74. The number of allylic oxidation sites excluding steroid dienone is 3. The Morgan fingerprint density at radius 3 is 2.82 bits per heavy atom. The molecule has 110 valence electrons. The third kappa shape index (κ3) is 3.01. The topological polar surface area (TPSA) is 74.0 Å². The first-order chi connectivity index (χ1) is 10.6. The van der Waals surface area contributed by atoms with Gasteiger partial charge in [-0.1, -0.05) is 30.4 Å². The molecule has 3 rings (SSSR count). The predicted octanol–water partition coefficient (Wildman–Crippen LogP) is 2.35. The molecule has 6 heteroatoms. The number of amidine groups is 1. The first kappa shape index (κ1) is 14.3. The summed E-state index contributed by atoms with van der Waals surface area (Å²) >= 11 is 5.13. The van der Waals surface area contributed by atoms with E-state index in [2.05, 4.69) is 15.3 Å². The van der Waals surface area contributed by atoms with Crippen molar-refractivity contribution in [3.63, 3.8) is 0 Å².